The number of nitro groups is 1. The Kier molecular flexibility index (Phi) is 4.09. The van der Waals surface area contributed by atoms with Gasteiger partial charge in [-0.15, -0.1) is 0 Å². The highest BCUT2D eigenvalue weighted by atomic mass is 19.1. The van der Waals surface area contributed by atoms with Crippen LogP contribution >= 0.6 is 0 Å². The molecule has 104 valence electrons. The lowest BCUT2D eigenvalue weighted by atomic mass is 10.2. The number of hydrogen-bond donors (Lipinski definition) is 1. The molecule has 0 unspecified atom stereocenters. The number of aromatic nitrogens is 1. The number of hydrogen-bond acceptors (Lipinski definition) is 5. The number of halogens is 1. The van der Waals surface area contributed by atoms with Gasteiger partial charge in [0.05, 0.1) is 18.1 Å². The van der Waals surface area contributed by atoms with E-state index in [0.717, 1.165) is 11.6 Å². The van der Waals surface area contributed by atoms with E-state index in [-0.39, 0.29) is 11.4 Å². The van der Waals surface area contributed by atoms with E-state index in [4.69, 9.17) is 4.74 Å². The lowest BCUT2D eigenvalue weighted by molar-refractivity contribution is -0.384. The number of nitro benzene ring substituents is 1. The predicted octanol–water partition coefficient (Wildman–Crippen LogP) is 2.75. The van der Waals surface area contributed by atoms with Crippen LogP contribution in [0.2, 0.25) is 0 Å². The number of benzene rings is 1. The molecular formula is C13H12FN3O3. The molecular weight excluding hydrogens is 265 g/mol. The third-order valence-corrected chi connectivity index (χ3v) is 2.65. The fourth-order valence-corrected chi connectivity index (χ4v) is 1.67. The molecule has 0 aliphatic heterocycles. The molecule has 1 aromatic heterocycles. The standard InChI is InChI=1S/C13H12FN3O3/c1-20-13-6-9(4-5-15-13)8-16-11-3-2-10(14)7-12(11)17(18)19/h2-7,16H,8H2,1H3. The Labute approximate surface area is 114 Å². The molecule has 1 heterocycles. The Morgan fingerprint density at radius 2 is 2.20 bits per heavy atom. The normalized spacial score (nSPS) is 10.1. The van der Waals surface area contributed by atoms with Crippen LogP contribution in [-0.2, 0) is 6.54 Å². The third kappa shape index (κ3) is 3.19. The number of nitrogens with zero attached hydrogens (tertiary/aromatic N) is 2. The highest BCUT2D eigenvalue weighted by Gasteiger charge is 2.14. The van der Waals surface area contributed by atoms with Crippen molar-refractivity contribution in [3.8, 4) is 5.88 Å². The number of rotatable bonds is 5. The molecule has 0 saturated heterocycles. The average molecular weight is 277 g/mol. The van der Waals surface area contributed by atoms with Gasteiger partial charge in [-0.3, -0.25) is 10.1 Å². The average Bonchev–Trinajstić information content (AvgIpc) is 2.46. The molecule has 1 N–H and O–H groups in total. The van der Waals surface area contributed by atoms with E-state index >= 15 is 0 Å². The predicted molar refractivity (Wildman–Crippen MR) is 71.2 cm³/mol. The van der Waals surface area contributed by atoms with Gasteiger partial charge in [-0.1, -0.05) is 0 Å². The Balaban J connectivity index is 2.16. The van der Waals surface area contributed by atoms with Gasteiger partial charge in [-0.05, 0) is 23.8 Å². The van der Waals surface area contributed by atoms with E-state index < -0.39 is 10.7 Å². The quantitative estimate of drug-likeness (QED) is 0.671. The van der Waals surface area contributed by atoms with E-state index in [0.29, 0.717) is 12.4 Å². The third-order valence-electron chi connectivity index (χ3n) is 2.65. The second-order valence-corrected chi connectivity index (χ2v) is 3.98. The first kappa shape index (κ1) is 13.7. The summed E-state index contributed by atoms with van der Waals surface area (Å²) in [6.45, 7) is 0.339. The Hall–Kier alpha value is -2.70. The van der Waals surface area contributed by atoms with Crippen molar-refractivity contribution in [1.29, 1.82) is 0 Å². The largest absolute Gasteiger partial charge is 0.481 e. The highest BCUT2D eigenvalue weighted by Crippen LogP contribution is 2.25. The van der Waals surface area contributed by atoms with E-state index in [2.05, 4.69) is 10.3 Å². The molecule has 0 amide bonds. The van der Waals surface area contributed by atoms with Crippen LogP contribution in [0.1, 0.15) is 5.56 Å². The maximum atomic E-state index is 13.0. The first-order valence-electron chi connectivity index (χ1n) is 5.77. The van der Waals surface area contributed by atoms with Gasteiger partial charge in [0.25, 0.3) is 5.69 Å². The number of methoxy groups -OCH3 is 1. The van der Waals surface area contributed by atoms with E-state index in [1.54, 1.807) is 18.3 Å². The van der Waals surface area contributed by atoms with Gasteiger partial charge >= 0.3 is 0 Å². The molecule has 0 radical (unpaired) electrons. The van der Waals surface area contributed by atoms with Crippen molar-refractivity contribution in [2.75, 3.05) is 12.4 Å². The van der Waals surface area contributed by atoms with E-state index in [1.807, 2.05) is 0 Å². The monoisotopic (exact) mass is 277 g/mol. The van der Waals surface area contributed by atoms with Gasteiger partial charge in [0.2, 0.25) is 5.88 Å². The van der Waals surface area contributed by atoms with Gasteiger partial charge in [0.1, 0.15) is 11.5 Å². The molecule has 6 nitrogen and oxygen atoms in total. The summed E-state index contributed by atoms with van der Waals surface area (Å²) in [6.07, 6.45) is 1.58. The molecule has 2 rings (SSSR count). The molecule has 0 aliphatic carbocycles. The van der Waals surface area contributed by atoms with Crippen LogP contribution in [0.3, 0.4) is 0 Å². The summed E-state index contributed by atoms with van der Waals surface area (Å²) in [5, 5.41) is 13.8. The zero-order chi connectivity index (χ0) is 14.5. The lowest BCUT2D eigenvalue weighted by Gasteiger charge is -2.08. The van der Waals surface area contributed by atoms with Crippen molar-refractivity contribution in [3.05, 3.63) is 58.0 Å². The van der Waals surface area contributed by atoms with Crippen LogP contribution in [0.25, 0.3) is 0 Å². The van der Waals surface area contributed by atoms with Crippen molar-refractivity contribution < 1.29 is 14.1 Å². The summed E-state index contributed by atoms with van der Waals surface area (Å²) < 4.78 is 18.0. The fourth-order valence-electron chi connectivity index (χ4n) is 1.67. The number of nitrogens with one attached hydrogen (secondary N) is 1. The summed E-state index contributed by atoms with van der Waals surface area (Å²) in [4.78, 5) is 14.2. The minimum Gasteiger partial charge on any atom is -0.481 e. The van der Waals surface area contributed by atoms with Crippen molar-refractivity contribution >= 4 is 11.4 Å². The van der Waals surface area contributed by atoms with Crippen molar-refractivity contribution in [2.24, 2.45) is 0 Å². The molecule has 0 atom stereocenters. The summed E-state index contributed by atoms with van der Waals surface area (Å²) in [5.41, 5.74) is 0.800. The van der Waals surface area contributed by atoms with E-state index in [1.165, 1.54) is 19.2 Å². The minimum atomic E-state index is -0.646. The minimum absolute atomic E-state index is 0.257. The molecule has 0 saturated carbocycles. The number of ether oxygens (including phenoxy) is 1. The Morgan fingerprint density at radius 1 is 1.40 bits per heavy atom. The van der Waals surface area contributed by atoms with Crippen LogP contribution in [0.15, 0.2) is 36.5 Å². The van der Waals surface area contributed by atoms with Gasteiger partial charge in [0.15, 0.2) is 0 Å². The van der Waals surface area contributed by atoms with Crippen LogP contribution in [0.5, 0.6) is 5.88 Å². The summed E-state index contributed by atoms with van der Waals surface area (Å²) >= 11 is 0. The molecule has 0 aliphatic rings. The zero-order valence-electron chi connectivity index (χ0n) is 10.7. The first-order valence-corrected chi connectivity index (χ1v) is 5.77. The van der Waals surface area contributed by atoms with Gasteiger partial charge in [0, 0.05) is 18.8 Å². The SMILES string of the molecule is COc1cc(CNc2ccc(F)cc2[N+](=O)[O-])ccn1. The first-order chi connectivity index (χ1) is 9.60. The number of anilines is 1. The van der Waals surface area contributed by atoms with Crippen molar-refractivity contribution in [2.45, 2.75) is 6.54 Å². The van der Waals surface area contributed by atoms with Crippen molar-refractivity contribution in [3.63, 3.8) is 0 Å². The second-order valence-electron chi connectivity index (χ2n) is 3.98. The fraction of sp³-hybridized carbons (Fsp3) is 0.154. The van der Waals surface area contributed by atoms with Crippen LogP contribution in [-0.4, -0.2) is 17.0 Å². The van der Waals surface area contributed by atoms with E-state index in [9.17, 15) is 14.5 Å². The smallest absolute Gasteiger partial charge is 0.295 e. The van der Waals surface area contributed by atoms with Gasteiger partial charge < -0.3 is 10.1 Å². The lowest BCUT2D eigenvalue weighted by Crippen LogP contribution is -2.03. The highest BCUT2D eigenvalue weighted by molar-refractivity contribution is 5.61. The molecule has 0 spiro atoms. The van der Waals surface area contributed by atoms with Crippen LogP contribution in [0.4, 0.5) is 15.8 Å². The summed E-state index contributed by atoms with van der Waals surface area (Å²) in [7, 11) is 1.50. The number of pyridine rings is 1. The second kappa shape index (κ2) is 5.96. The van der Waals surface area contributed by atoms with Crippen LogP contribution in [0, 0.1) is 15.9 Å². The Bertz CT molecular complexity index is 634. The Morgan fingerprint density at radius 3 is 2.90 bits per heavy atom. The topological polar surface area (TPSA) is 77.3 Å². The van der Waals surface area contributed by atoms with Crippen LogP contribution < -0.4 is 10.1 Å². The maximum Gasteiger partial charge on any atom is 0.295 e. The summed E-state index contributed by atoms with van der Waals surface area (Å²) in [6, 6.07) is 6.86. The molecule has 7 heteroatoms. The maximum absolute atomic E-state index is 13.0. The van der Waals surface area contributed by atoms with Gasteiger partial charge in [-0.2, -0.15) is 0 Å². The molecule has 20 heavy (non-hydrogen) atoms. The van der Waals surface area contributed by atoms with Crippen molar-refractivity contribution in [1.82, 2.24) is 4.98 Å². The molecule has 2 aromatic rings. The molecule has 1 aromatic carbocycles. The molecule has 0 bridgehead atoms. The summed E-state index contributed by atoms with van der Waals surface area (Å²) in [5.74, 6) is -0.189. The van der Waals surface area contributed by atoms with Gasteiger partial charge in [-0.25, -0.2) is 9.37 Å². The zero-order valence-corrected chi connectivity index (χ0v) is 10.7. The molecule has 0 fully saturated rings.